The highest BCUT2D eigenvalue weighted by atomic mass is 19.1. The van der Waals surface area contributed by atoms with Gasteiger partial charge in [-0.1, -0.05) is 24.3 Å². The van der Waals surface area contributed by atoms with Crippen molar-refractivity contribution in [3.63, 3.8) is 0 Å². The Hall–Kier alpha value is -2.76. The van der Waals surface area contributed by atoms with Crippen molar-refractivity contribution in [2.75, 3.05) is 0 Å². The molecule has 1 fully saturated rings. The number of aliphatic carboxylic acids is 1. The molecule has 23 heavy (non-hydrogen) atoms. The number of rotatable bonds is 4. The van der Waals surface area contributed by atoms with Crippen molar-refractivity contribution in [1.82, 2.24) is 10.3 Å². The Morgan fingerprint density at radius 1 is 1.26 bits per heavy atom. The molecule has 2 aromatic rings. The zero-order chi connectivity index (χ0) is 16.4. The minimum Gasteiger partial charge on any atom is -0.479 e. The summed E-state index contributed by atoms with van der Waals surface area (Å²) < 4.78 is 12.9. The zero-order valence-electron chi connectivity index (χ0n) is 12.3. The minimum atomic E-state index is -1.23. The Bertz CT molecular complexity index is 743. The van der Waals surface area contributed by atoms with Crippen LogP contribution in [0.4, 0.5) is 4.39 Å². The lowest BCUT2D eigenvalue weighted by atomic mass is 9.89. The monoisotopic (exact) mass is 314 g/mol. The predicted molar refractivity (Wildman–Crippen MR) is 81.1 cm³/mol. The summed E-state index contributed by atoms with van der Waals surface area (Å²) in [5, 5.41) is 12.0. The molecule has 1 atom stereocenters. The number of carboxylic acids is 1. The van der Waals surface area contributed by atoms with Crippen LogP contribution in [-0.2, 0) is 16.0 Å². The van der Waals surface area contributed by atoms with Gasteiger partial charge in [-0.25, -0.2) is 9.18 Å². The molecule has 2 heterocycles. The molecule has 5 nitrogen and oxygen atoms in total. The molecule has 0 spiro atoms. The van der Waals surface area contributed by atoms with Gasteiger partial charge in [0.25, 0.3) is 0 Å². The molecule has 6 heteroatoms. The third-order valence-corrected chi connectivity index (χ3v) is 4.05. The van der Waals surface area contributed by atoms with Crippen molar-refractivity contribution in [1.29, 1.82) is 0 Å². The molecule has 1 saturated heterocycles. The second kappa shape index (κ2) is 5.79. The number of nitrogens with zero attached hydrogens (tertiary/aromatic N) is 1. The van der Waals surface area contributed by atoms with Gasteiger partial charge in [0.05, 0.1) is 11.9 Å². The number of hydrogen-bond donors (Lipinski definition) is 2. The average molecular weight is 314 g/mol. The van der Waals surface area contributed by atoms with E-state index in [2.05, 4.69) is 10.3 Å². The molecular weight excluding hydrogens is 299 g/mol. The number of amides is 1. The first-order valence-electron chi connectivity index (χ1n) is 7.24. The van der Waals surface area contributed by atoms with Crippen LogP contribution in [0.1, 0.15) is 18.4 Å². The summed E-state index contributed by atoms with van der Waals surface area (Å²) in [5.74, 6) is -1.65. The van der Waals surface area contributed by atoms with Crippen LogP contribution in [0.15, 0.2) is 42.6 Å². The summed E-state index contributed by atoms with van der Waals surface area (Å²) in [6, 6.07) is 10.1. The van der Waals surface area contributed by atoms with Crippen LogP contribution in [0.5, 0.6) is 0 Å². The molecule has 1 aliphatic rings. The van der Waals surface area contributed by atoms with Gasteiger partial charge < -0.3 is 10.4 Å². The maximum atomic E-state index is 12.9. The number of hydrogen-bond acceptors (Lipinski definition) is 3. The number of benzene rings is 1. The lowest BCUT2D eigenvalue weighted by molar-refractivity contribution is -0.145. The van der Waals surface area contributed by atoms with Crippen LogP contribution in [0.25, 0.3) is 11.3 Å². The van der Waals surface area contributed by atoms with E-state index in [0.717, 1.165) is 17.3 Å². The summed E-state index contributed by atoms with van der Waals surface area (Å²) >= 11 is 0. The normalized spacial score (nSPS) is 20.3. The van der Waals surface area contributed by atoms with Crippen LogP contribution in [0, 0.1) is 5.82 Å². The summed E-state index contributed by atoms with van der Waals surface area (Å²) in [6.45, 7) is 0. The van der Waals surface area contributed by atoms with E-state index in [1.807, 2.05) is 12.1 Å². The molecule has 0 aliphatic carbocycles. The summed E-state index contributed by atoms with van der Waals surface area (Å²) in [4.78, 5) is 26.9. The molecule has 2 N–H and O–H groups in total. The van der Waals surface area contributed by atoms with E-state index < -0.39 is 17.3 Å². The van der Waals surface area contributed by atoms with Crippen molar-refractivity contribution in [2.24, 2.45) is 0 Å². The van der Waals surface area contributed by atoms with E-state index in [0.29, 0.717) is 5.69 Å². The Kier molecular flexibility index (Phi) is 3.82. The number of halogens is 1. The van der Waals surface area contributed by atoms with Gasteiger partial charge in [0.15, 0.2) is 0 Å². The summed E-state index contributed by atoms with van der Waals surface area (Å²) in [6.07, 6.45) is 1.88. The van der Waals surface area contributed by atoms with Crippen LogP contribution >= 0.6 is 0 Å². The van der Waals surface area contributed by atoms with E-state index in [1.165, 1.54) is 6.07 Å². The molecule has 0 radical (unpaired) electrons. The van der Waals surface area contributed by atoms with E-state index in [4.69, 9.17) is 0 Å². The van der Waals surface area contributed by atoms with E-state index in [-0.39, 0.29) is 25.2 Å². The van der Waals surface area contributed by atoms with Crippen molar-refractivity contribution in [3.05, 3.63) is 54.0 Å². The lowest BCUT2D eigenvalue weighted by Gasteiger charge is -2.24. The summed E-state index contributed by atoms with van der Waals surface area (Å²) in [5.41, 5.74) is 1.03. The van der Waals surface area contributed by atoms with E-state index in [9.17, 15) is 19.1 Å². The number of carbonyl (C=O) groups excluding carboxylic acids is 1. The molecule has 1 aliphatic heterocycles. The Balaban J connectivity index is 1.81. The van der Waals surface area contributed by atoms with E-state index in [1.54, 1.807) is 18.2 Å². The number of nitrogens with one attached hydrogen (secondary N) is 1. The topological polar surface area (TPSA) is 79.3 Å². The second-order valence-electron chi connectivity index (χ2n) is 5.67. The lowest BCUT2D eigenvalue weighted by Crippen LogP contribution is -2.50. The van der Waals surface area contributed by atoms with Crippen molar-refractivity contribution in [3.8, 4) is 11.3 Å². The Labute approximate surface area is 132 Å². The van der Waals surface area contributed by atoms with Crippen molar-refractivity contribution >= 4 is 11.9 Å². The van der Waals surface area contributed by atoms with Gasteiger partial charge >= 0.3 is 5.97 Å². The quantitative estimate of drug-likeness (QED) is 0.906. The molecule has 1 amide bonds. The maximum Gasteiger partial charge on any atom is 0.329 e. The Morgan fingerprint density at radius 3 is 2.52 bits per heavy atom. The molecule has 0 saturated carbocycles. The summed E-state index contributed by atoms with van der Waals surface area (Å²) in [7, 11) is 0. The second-order valence-corrected chi connectivity index (χ2v) is 5.67. The first kappa shape index (κ1) is 15.1. The van der Waals surface area contributed by atoms with Gasteiger partial charge in [-0.3, -0.25) is 9.78 Å². The van der Waals surface area contributed by atoms with Gasteiger partial charge in [-0.15, -0.1) is 0 Å². The highest BCUT2D eigenvalue weighted by Gasteiger charge is 2.44. The first-order valence-corrected chi connectivity index (χ1v) is 7.24. The van der Waals surface area contributed by atoms with Crippen molar-refractivity contribution < 1.29 is 19.1 Å². The van der Waals surface area contributed by atoms with Gasteiger partial charge in [-0.05, 0) is 24.1 Å². The van der Waals surface area contributed by atoms with E-state index >= 15 is 0 Å². The highest BCUT2D eigenvalue weighted by Crippen LogP contribution is 2.26. The van der Waals surface area contributed by atoms with Gasteiger partial charge in [0, 0.05) is 18.4 Å². The third-order valence-electron chi connectivity index (χ3n) is 4.05. The van der Waals surface area contributed by atoms with Crippen LogP contribution in [-0.4, -0.2) is 27.5 Å². The SMILES string of the molecule is O=C1CCC(Cc2ccc(-c3ccc(F)cn3)cc2)(C(=O)O)N1. The minimum absolute atomic E-state index is 0.226. The number of pyridine rings is 1. The standard InChI is InChI=1S/C17H15FN2O3/c18-13-5-6-14(19-10-13)12-3-1-11(2-4-12)9-17(16(22)23)8-7-15(21)20-17/h1-6,10H,7-9H2,(H,20,21)(H,22,23). The zero-order valence-corrected chi connectivity index (χ0v) is 12.3. The first-order chi connectivity index (χ1) is 11.0. The largest absolute Gasteiger partial charge is 0.479 e. The fourth-order valence-electron chi connectivity index (χ4n) is 2.78. The fraction of sp³-hybridized carbons (Fsp3) is 0.235. The van der Waals surface area contributed by atoms with Crippen LogP contribution < -0.4 is 5.32 Å². The fourth-order valence-corrected chi connectivity index (χ4v) is 2.78. The van der Waals surface area contributed by atoms with Crippen LogP contribution in [0.3, 0.4) is 0 Å². The third kappa shape index (κ3) is 3.06. The number of carbonyl (C=O) groups is 2. The van der Waals surface area contributed by atoms with Crippen LogP contribution in [0.2, 0.25) is 0 Å². The van der Waals surface area contributed by atoms with Gasteiger partial charge in [0.1, 0.15) is 11.4 Å². The molecule has 3 rings (SSSR count). The molecule has 1 aromatic carbocycles. The Morgan fingerprint density at radius 2 is 2.00 bits per heavy atom. The van der Waals surface area contributed by atoms with Gasteiger partial charge in [0.2, 0.25) is 5.91 Å². The van der Waals surface area contributed by atoms with Gasteiger partial charge in [-0.2, -0.15) is 0 Å². The number of aromatic nitrogens is 1. The molecule has 1 unspecified atom stereocenters. The molecule has 0 bridgehead atoms. The molecule has 118 valence electrons. The smallest absolute Gasteiger partial charge is 0.329 e. The average Bonchev–Trinajstić information content (AvgIpc) is 2.91. The molecule has 1 aromatic heterocycles. The highest BCUT2D eigenvalue weighted by molar-refractivity contribution is 5.91. The van der Waals surface area contributed by atoms with Crippen molar-refractivity contribution in [2.45, 2.75) is 24.8 Å². The molecular formula is C17H15FN2O3. The number of carboxylic acid groups (broad SMARTS) is 1. The predicted octanol–water partition coefficient (Wildman–Crippen LogP) is 2.16. The maximum absolute atomic E-state index is 12.9.